The van der Waals surface area contributed by atoms with Gasteiger partial charge in [0.1, 0.15) is 11.6 Å². The Morgan fingerprint density at radius 3 is 2.89 bits per heavy atom. The Kier molecular flexibility index (Phi) is 3.93. The highest BCUT2D eigenvalue weighted by Gasteiger charge is 2.12. The molecular formula is C13H11BrFNO2. The van der Waals surface area contributed by atoms with Gasteiger partial charge in [-0.2, -0.15) is 0 Å². The number of benzene rings is 1. The number of aliphatic hydroxyl groups is 1. The van der Waals surface area contributed by atoms with Crippen LogP contribution in [0.5, 0.6) is 11.6 Å². The van der Waals surface area contributed by atoms with Crippen LogP contribution in [0.4, 0.5) is 4.39 Å². The summed E-state index contributed by atoms with van der Waals surface area (Å²) in [4.78, 5) is 4.04. The molecule has 0 spiro atoms. The molecule has 0 aliphatic carbocycles. The molecule has 0 radical (unpaired) electrons. The molecule has 2 rings (SSSR count). The quantitative estimate of drug-likeness (QED) is 0.936. The fourth-order valence-electron chi connectivity index (χ4n) is 1.47. The largest absolute Gasteiger partial charge is 0.437 e. The zero-order valence-electron chi connectivity index (χ0n) is 9.60. The Labute approximate surface area is 112 Å². The number of halogens is 2. The van der Waals surface area contributed by atoms with E-state index < -0.39 is 11.9 Å². The summed E-state index contributed by atoms with van der Waals surface area (Å²) in [5.41, 5.74) is 0.550. The van der Waals surface area contributed by atoms with Gasteiger partial charge in [0.05, 0.1) is 10.6 Å². The summed E-state index contributed by atoms with van der Waals surface area (Å²) in [7, 11) is 0. The van der Waals surface area contributed by atoms with Gasteiger partial charge < -0.3 is 9.84 Å². The normalized spacial score (nSPS) is 12.2. The van der Waals surface area contributed by atoms with Crippen LogP contribution in [0, 0.1) is 5.82 Å². The Morgan fingerprint density at radius 2 is 2.17 bits per heavy atom. The summed E-state index contributed by atoms with van der Waals surface area (Å²) in [6, 6.07) is 7.54. The Bertz CT molecular complexity index is 560. The third-order valence-corrected chi connectivity index (χ3v) is 3.01. The Hall–Kier alpha value is -1.46. The highest BCUT2D eigenvalue weighted by molar-refractivity contribution is 9.10. The van der Waals surface area contributed by atoms with E-state index in [1.54, 1.807) is 31.3 Å². The summed E-state index contributed by atoms with van der Waals surface area (Å²) in [6.07, 6.45) is 0.843. The molecule has 5 heteroatoms. The minimum absolute atomic E-state index is 0.263. The highest BCUT2D eigenvalue weighted by Crippen LogP contribution is 2.32. The second-order valence-corrected chi connectivity index (χ2v) is 4.60. The van der Waals surface area contributed by atoms with Crippen molar-refractivity contribution in [3.8, 4) is 11.6 Å². The zero-order valence-corrected chi connectivity index (χ0v) is 11.2. The summed E-state index contributed by atoms with van der Waals surface area (Å²) in [5.74, 6) is 0.178. The molecule has 0 amide bonds. The van der Waals surface area contributed by atoms with Gasteiger partial charge in [-0.25, -0.2) is 9.37 Å². The maximum Gasteiger partial charge on any atom is 0.225 e. The number of ether oxygens (including phenoxy) is 1. The van der Waals surface area contributed by atoms with Crippen molar-refractivity contribution in [2.24, 2.45) is 0 Å². The van der Waals surface area contributed by atoms with E-state index in [1.807, 2.05) is 0 Å². The first-order chi connectivity index (χ1) is 8.58. The van der Waals surface area contributed by atoms with E-state index in [0.29, 0.717) is 15.8 Å². The number of rotatable bonds is 3. The van der Waals surface area contributed by atoms with Gasteiger partial charge >= 0.3 is 0 Å². The van der Waals surface area contributed by atoms with Crippen molar-refractivity contribution in [2.45, 2.75) is 13.0 Å². The van der Waals surface area contributed by atoms with E-state index >= 15 is 0 Å². The molecule has 1 N–H and O–H groups in total. The third kappa shape index (κ3) is 2.86. The molecule has 1 aromatic carbocycles. The van der Waals surface area contributed by atoms with E-state index in [-0.39, 0.29) is 5.88 Å². The molecular weight excluding hydrogens is 301 g/mol. The monoisotopic (exact) mass is 311 g/mol. The molecule has 1 unspecified atom stereocenters. The second-order valence-electron chi connectivity index (χ2n) is 3.75. The van der Waals surface area contributed by atoms with Gasteiger partial charge in [-0.3, -0.25) is 0 Å². The number of aromatic nitrogens is 1. The van der Waals surface area contributed by atoms with Gasteiger partial charge in [-0.1, -0.05) is 0 Å². The van der Waals surface area contributed by atoms with E-state index in [4.69, 9.17) is 4.74 Å². The summed E-state index contributed by atoms with van der Waals surface area (Å²) < 4.78 is 19.3. The van der Waals surface area contributed by atoms with Crippen molar-refractivity contribution in [2.75, 3.05) is 0 Å². The second kappa shape index (κ2) is 5.46. The molecule has 0 aliphatic heterocycles. The first-order valence-corrected chi connectivity index (χ1v) is 6.13. The average Bonchev–Trinajstić information content (AvgIpc) is 2.34. The van der Waals surface area contributed by atoms with Gasteiger partial charge in [0.25, 0.3) is 0 Å². The number of nitrogens with zero attached hydrogens (tertiary/aromatic N) is 1. The van der Waals surface area contributed by atoms with Crippen molar-refractivity contribution in [1.82, 2.24) is 4.98 Å². The molecule has 0 saturated heterocycles. The fourth-order valence-corrected chi connectivity index (χ4v) is 1.79. The van der Waals surface area contributed by atoms with Crippen molar-refractivity contribution in [3.63, 3.8) is 0 Å². The van der Waals surface area contributed by atoms with Crippen LogP contribution < -0.4 is 4.74 Å². The minimum atomic E-state index is -0.707. The lowest BCUT2D eigenvalue weighted by Crippen LogP contribution is -1.98. The molecule has 1 heterocycles. The molecule has 1 atom stereocenters. The average molecular weight is 312 g/mol. The summed E-state index contributed by atoms with van der Waals surface area (Å²) in [6.45, 7) is 1.62. The standard InChI is InChI=1S/C13H11BrFNO2/c1-8(17)10-3-2-6-16-13(10)18-12-7-9(15)4-5-11(12)14/h2-8,17H,1H3. The van der Waals surface area contributed by atoms with E-state index in [2.05, 4.69) is 20.9 Å². The molecule has 2 aromatic rings. The predicted molar refractivity (Wildman–Crippen MR) is 69.0 cm³/mol. The molecule has 18 heavy (non-hydrogen) atoms. The smallest absolute Gasteiger partial charge is 0.225 e. The van der Waals surface area contributed by atoms with Crippen LogP contribution in [0.3, 0.4) is 0 Å². The lowest BCUT2D eigenvalue weighted by molar-refractivity contribution is 0.194. The topological polar surface area (TPSA) is 42.4 Å². The van der Waals surface area contributed by atoms with Gasteiger partial charge in [-0.05, 0) is 47.1 Å². The van der Waals surface area contributed by atoms with Crippen LogP contribution in [-0.2, 0) is 0 Å². The fraction of sp³-hybridized carbons (Fsp3) is 0.154. The van der Waals surface area contributed by atoms with Crippen LogP contribution in [0.25, 0.3) is 0 Å². The third-order valence-electron chi connectivity index (χ3n) is 2.35. The molecule has 1 aromatic heterocycles. The minimum Gasteiger partial charge on any atom is -0.437 e. The molecule has 0 aliphatic rings. The van der Waals surface area contributed by atoms with Crippen LogP contribution in [0.15, 0.2) is 41.0 Å². The van der Waals surface area contributed by atoms with Crippen LogP contribution in [0.2, 0.25) is 0 Å². The lowest BCUT2D eigenvalue weighted by Gasteiger charge is -2.12. The van der Waals surface area contributed by atoms with Gasteiger partial charge in [0.15, 0.2) is 0 Å². The van der Waals surface area contributed by atoms with Gasteiger partial charge in [-0.15, -0.1) is 0 Å². The molecule has 0 fully saturated rings. The predicted octanol–water partition coefficient (Wildman–Crippen LogP) is 3.83. The first kappa shape index (κ1) is 13.0. The first-order valence-electron chi connectivity index (χ1n) is 5.34. The van der Waals surface area contributed by atoms with Crippen molar-refractivity contribution in [3.05, 3.63) is 52.4 Å². The van der Waals surface area contributed by atoms with Crippen LogP contribution >= 0.6 is 15.9 Å². The van der Waals surface area contributed by atoms with Crippen molar-refractivity contribution in [1.29, 1.82) is 0 Å². The van der Waals surface area contributed by atoms with Crippen molar-refractivity contribution < 1.29 is 14.2 Å². The zero-order chi connectivity index (χ0) is 13.1. The van der Waals surface area contributed by atoms with Crippen LogP contribution in [0.1, 0.15) is 18.6 Å². The van der Waals surface area contributed by atoms with E-state index in [0.717, 1.165) is 0 Å². The Balaban J connectivity index is 2.37. The number of aliphatic hydroxyl groups excluding tert-OH is 1. The number of hydrogen-bond acceptors (Lipinski definition) is 3. The Morgan fingerprint density at radius 1 is 1.39 bits per heavy atom. The maximum atomic E-state index is 13.1. The summed E-state index contributed by atoms with van der Waals surface area (Å²) >= 11 is 3.27. The lowest BCUT2D eigenvalue weighted by atomic mass is 10.2. The van der Waals surface area contributed by atoms with Crippen LogP contribution in [-0.4, -0.2) is 10.1 Å². The van der Waals surface area contributed by atoms with E-state index in [1.165, 1.54) is 12.1 Å². The van der Waals surface area contributed by atoms with Gasteiger partial charge in [0.2, 0.25) is 5.88 Å². The van der Waals surface area contributed by atoms with E-state index in [9.17, 15) is 9.50 Å². The number of hydrogen-bond donors (Lipinski definition) is 1. The molecule has 0 saturated carbocycles. The van der Waals surface area contributed by atoms with Crippen molar-refractivity contribution >= 4 is 15.9 Å². The highest BCUT2D eigenvalue weighted by atomic mass is 79.9. The molecule has 94 valence electrons. The SMILES string of the molecule is CC(O)c1cccnc1Oc1cc(F)ccc1Br. The van der Waals surface area contributed by atoms with Gasteiger partial charge in [0, 0.05) is 17.8 Å². The number of pyridine rings is 1. The maximum absolute atomic E-state index is 13.1. The molecule has 3 nitrogen and oxygen atoms in total. The summed E-state index contributed by atoms with van der Waals surface area (Å²) in [5, 5.41) is 9.60. The molecule has 0 bridgehead atoms.